The van der Waals surface area contributed by atoms with Gasteiger partial charge in [-0.1, -0.05) is 13.2 Å². The fourth-order valence-corrected chi connectivity index (χ4v) is 3.85. The molecule has 0 aliphatic heterocycles. The first-order valence-corrected chi connectivity index (χ1v) is 21.2. The zero-order valence-corrected chi connectivity index (χ0v) is 38.0. The first kappa shape index (κ1) is 61.9. The maximum Gasteiger partial charge on any atom is 0.333 e. The highest BCUT2D eigenvalue weighted by molar-refractivity contribution is 5.87. The fraction of sp³-hybridized carbons (Fsp3) is 0.857. The quantitative estimate of drug-likeness (QED) is 0.0498. The molecule has 0 radical (unpaired) electrons. The van der Waals surface area contributed by atoms with E-state index in [0.29, 0.717) is 183 Å². The van der Waals surface area contributed by atoms with Crippen LogP contribution >= 0.6 is 0 Å². The van der Waals surface area contributed by atoms with Gasteiger partial charge in [-0.25, -0.2) is 9.59 Å². The Kier molecular flexibility index (Phi) is 51.3. The van der Waals surface area contributed by atoms with Crippen LogP contribution in [0.25, 0.3) is 0 Å². The summed E-state index contributed by atoms with van der Waals surface area (Å²) in [6, 6.07) is 0. The molecule has 0 fully saturated rings. The van der Waals surface area contributed by atoms with Gasteiger partial charge in [0.25, 0.3) is 0 Å². The number of esters is 2. The summed E-state index contributed by atoms with van der Waals surface area (Å²) in [4.78, 5) is 22.4. The van der Waals surface area contributed by atoms with Gasteiger partial charge in [-0.05, 0) is 27.7 Å². The molecule has 20 nitrogen and oxygen atoms in total. The van der Waals surface area contributed by atoms with Crippen molar-refractivity contribution in [2.45, 2.75) is 39.9 Å². The van der Waals surface area contributed by atoms with E-state index < -0.39 is 11.9 Å². The van der Waals surface area contributed by atoms with Crippen molar-refractivity contribution < 1.29 is 95.6 Å². The highest BCUT2D eigenvalue weighted by atomic mass is 16.6. The molecule has 0 aliphatic rings. The number of rotatable bonds is 48. The molecule has 2 N–H and O–H groups in total. The van der Waals surface area contributed by atoms with Crippen molar-refractivity contribution in [2.24, 2.45) is 0 Å². The number of carbonyl (C=O) groups is 2. The average molecular weight is 905 g/mol. The van der Waals surface area contributed by atoms with Crippen LogP contribution in [0.3, 0.4) is 0 Å². The molecule has 0 bridgehead atoms. The summed E-state index contributed by atoms with van der Waals surface area (Å²) >= 11 is 0. The summed E-state index contributed by atoms with van der Waals surface area (Å²) < 4.78 is 85.1. The Balaban J connectivity index is 0. The Morgan fingerprint density at radius 1 is 0.371 bits per heavy atom. The van der Waals surface area contributed by atoms with Crippen LogP contribution in [0.1, 0.15) is 27.7 Å². The van der Waals surface area contributed by atoms with Gasteiger partial charge in [-0.15, -0.1) is 0 Å². The monoisotopic (exact) mass is 905 g/mol. The normalized spacial score (nSPS) is 12.1. The molecule has 2 unspecified atom stereocenters. The first-order chi connectivity index (χ1) is 30.1. The van der Waals surface area contributed by atoms with Crippen molar-refractivity contribution in [3.8, 4) is 0 Å². The van der Waals surface area contributed by atoms with E-state index in [9.17, 15) is 9.59 Å². The maximum atomic E-state index is 11.2. The maximum absolute atomic E-state index is 11.2. The van der Waals surface area contributed by atoms with Crippen LogP contribution < -0.4 is 0 Å². The Hall–Kier alpha value is -2.22. The summed E-state index contributed by atoms with van der Waals surface area (Å²) in [7, 11) is 0. The van der Waals surface area contributed by atoms with Crippen LogP contribution in [-0.4, -0.2) is 233 Å². The molecular formula is C42H80O20. The van der Waals surface area contributed by atoms with E-state index in [-0.39, 0.29) is 38.6 Å². The molecule has 0 aromatic carbocycles. The van der Waals surface area contributed by atoms with E-state index >= 15 is 0 Å². The number of carbonyl (C=O) groups excluding carboxylic acids is 2. The first-order valence-electron chi connectivity index (χ1n) is 21.2. The third kappa shape index (κ3) is 52.1. The second-order valence-corrected chi connectivity index (χ2v) is 12.9. The van der Waals surface area contributed by atoms with E-state index in [1.165, 1.54) is 0 Å². The molecule has 0 aliphatic carbocycles. The Morgan fingerprint density at radius 3 is 0.806 bits per heavy atom. The molecule has 0 amide bonds. The topological polar surface area (TPSA) is 222 Å². The molecule has 0 saturated carbocycles. The average Bonchev–Trinajstić information content (AvgIpc) is 3.25. The van der Waals surface area contributed by atoms with Crippen LogP contribution in [0.15, 0.2) is 24.3 Å². The molecule has 0 aromatic heterocycles. The summed E-state index contributed by atoms with van der Waals surface area (Å²) in [6.45, 7) is 26.6. The van der Waals surface area contributed by atoms with E-state index in [4.69, 9.17) is 86.0 Å². The Bertz CT molecular complexity index is 950. The lowest BCUT2D eigenvalue weighted by molar-refractivity contribution is -0.149. The van der Waals surface area contributed by atoms with Crippen molar-refractivity contribution in [1.29, 1.82) is 0 Å². The third-order valence-corrected chi connectivity index (χ3v) is 7.01. The lowest BCUT2D eigenvalue weighted by Gasteiger charge is -2.17. The van der Waals surface area contributed by atoms with E-state index in [2.05, 4.69) is 13.2 Å². The van der Waals surface area contributed by atoms with E-state index in [0.717, 1.165) is 0 Å². The predicted molar refractivity (Wildman–Crippen MR) is 226 cm³/mol. The van der Waals surface area contributed by atoms with Crippen LogP contribution in [0.4, 0.5) is 0 Å². The zero-order chi connectivity index (χ0) is 46.0. The molecule has 0 saturated heterocycles. The van der Waals surface area contributed by atoms with Gasteiger partial charge >= 0.3 is 11.9 Å². The van der Waals surface area contributed by atoms with Crippen LogP contribution in [-0.2, 0) is 85.4 Å². The number of hydrogen-bond acceptors (Lipinski definition) is 20. The van der Waals surface area contributed by atoms with Gasteiger partial charge in [-0.3, -0.25) is 0 Å². The minimum atomic E-state index is -0.447. The molecule has 0 spiro atoms. The standard InChI is InChI=1S/C28H58O15.C14H22O5/c29-1-3-31-5-7-33-9-11-35-13-15-37-17-19-39-21-23-41-25-27-43-28-26-42-24-22-40-20-18-38-16-14-36-12-10-34-8-6-32-4-2-30;1-9(2)13(15)18-7-11(5)17-8-12(6)19-14(16)10(3)4/h29-30H,1-28H2;11-12H,1,3,7-8H2,2,4-6H3. The van der Waals surface area contributed by atoms with Crippen LogP contribution in [0.5, 0.6) is 0 Å². The lowest BCUT2D eigenvalue weighted by atomic mass is 10.3. The minimum Gasteiger partial charge on any atom is -0.460 e. The number of hydrogen-bond donors (Lipinski definition) is 2. The molecule has 0 heterocycles. The second-order valence-electron chi connectivity index (χ2n) is 12.9. The summed E-state index contributed by atoms with van der Waals surface area (Å²) in [5.74, 6) is -0.894. The highest BCUT2D eigenvalue weighted by Gasteiger charge is 2.13. The molecule has 62 heavy (non-hydrogen) atoms. The fourth-order valence-electron chi connectivity index (χ4n) is 3.85. The van der Waals surface area contributed by atoms with Crippen molar-refractivity contribution in [3.63, 3.8) is 0 Å². The van der Waals surface area contributed by atoms with Crippen molar-refractivity contribution >= 4 is 11.9 Å². The molecule has 20 heteroatoms. The number of aliphatic hydroxyl groups is 2. The molecule has 368 valence electrons. The van der Waals surface area contributed by atoms with Crippen molar-refractivity contribution in [2.75, 3.05) is 198 Å². The minimum absolute atomic E-state index is 0.0234. The van der Waals surface area contributed by atoms with Gasteiger partial charge in [0.2, 0.25) is 0 Å². The van der Waals surface area contributed by atoms with Crippen LogP contribution in [0, 0.1) is 0 Å². The van der Waals surface area contributed by atoms with Gasteiger partial charge < -0.3 is 86.0 Å². The second kappa shape index (κ2) is 51.4. The van der Waals surface area contributed by atoms with Gasteiger partial charge in [-0.2, -0.15) is 0 Å². The third-order valence-electron chi connectivity index (χ3n) is 7.01. The molecular weight excluding hydrogens is 824 g/mol. The predicted octanol–water partition coefficient (Wildman–Crippen LogP) is 1.21. The van der Waals surface area contributed by atoms with Crippen LogP contribution in [0.2, 0.25) is 0 Å². The highest BCUT2D eigenvalue weighted by Crippen LogP contribution is 2.02. The Morgan fingerprint density at radius 2 is 0.597 bits per heavy atom. The molecule has 0 aromatic rings. The lowest BCUT2D eigenvalue weighted by Crippen LogP contribution is -2.26. The smallest absolute Gasteiger partial charge is 0.333 e. The van der Waals surface area contributed by atoms with Crippen molar-refractivity contribution in [3.05, 3.63) is 24.3 Å². The number of ether oxygens (including phenoxy) is 16. The van der Waals surface area contributed by atoms with Gasteiger partial charge in [0, 0.05) is 11.1 Å². The summed E-state index contributed by atoms with van der Waals surface area (Å²) in [6.07, 6.45) is -0.669. The Labute approximate surface area is 369 Å². The van der Waals surface area contributed by atoms with Gasteiger partial charge in [0.05, 0.1) is 198 Å². The molecule has 2 atom stereocenters. The largest absolute Gasteiger partial charge is 0.460 e. The SMILES string of the molecule is C=C(C)C(=O)OCC(C)OCC(C)OC(=O)C(=C)C.OCCOCCOCCOCCOCCOCCOCCOCCOCCOCCOCCOCCOCCOCCO. The van der Waals surface area contributed by atoms with Gasteiger partial charge in [0.1, 0.15) is 12.7 Å². The van der Waals surface area contributed by atoms with E-state index in [1.807, 2.05) is 0 Å². The van der Waals surface area contributed by atoms with E-state index in [1.54, 1.807) is 27.7 Å². The van der Waals surface area contributed by atoms with Crippen molar-refractivity contribution in [1.82, 2.24) is 0 Å². The number of aliphatic hydroxyl groups excluding tert-OH is 2. The molecule has 0 rings (SSSR count). The zero-order valence-electron chi connectivity index (χ0n) is 38.0. The van der Waals surface area contributed by atoms with Gasteiger partial charge in [0.15, 0.2) is 0 Å². The summed E-state index contributed by atoms with van der Waals surface area (Å²) in [5, 5.41) is 17.1. The summed E-state index contributed by atoms with van der Waals surface area (Å²) in [5.41, 5.74) is 0.686.